The summed E-state index contributed by atoms with van der Waals surface area (Å²) in [5, 5.41) is 2.26. The SMILES string of the molecule is C#CC(C)NC(=O)C(=O)OCC. The van der Waals surface area contributed by atoms with E-state index in [4.69, 9.17) is 6.42 Å². The molecule has 0 fully saturated rings. The monoisotopic (exact) mass is 169 g/mol. The summed E-state index contributed by atoms with van der Waals surface area (Å²) >= 11 is 0. The van der Waals surface area contributed by atoms with Crippen LogP contribution in [0.25, 0.3) is 0 Å². The molecule has 0 aromatic carbocycles. The first-order valence-electron chi connectivity index (χ1n) is 3.55. The van der Waals surface area contributed by atoms with Crippen LogP contribution in [0.1, 0.15) is 13.8 Å². The minimum atomic E-state index is -0.903. The lowest BCUT2D eigenvalue weighted by Gasteiger charge is -2.05. The number of carbonyl (C=O) groups is 2. The van der Waals surface area contributed by atoms with Crippen LogP contribution in [0.3, 0.4) is 0 Å². The summed E-state index contributed by atoms with van der Waals surface area (Å²) < 4.78 is 4.43. The lowest BCUT2D eigenvalue weighted by molar-refractivity contribution is -0.154. The van der Waals surface area contributed by atoms with Crippen molar-refractivity contribution in [3.8, 4) is 12.3 Å². The molecule has 66 valence electrons. The molecular weight excluding hydrogens is 158 g/mol. The Morgan fingerprint density at radius 2 is 2.25 bits per heavy atom. The Morgan fingerprint density at radius 1 is 1.67 bits per heavy atom. The molecule has 0 aliphatic carbocycles. The van der Waals surface area contributed by atoms with Gasteiger partial charge in [-0.05, 0) is 13.8 Å². The van der Waals surface area contributed by atoms with Crippen molar-refractivity contribution in [1.29, 1.82) is 0 Å². The van der Waals surface area contributed by atoms with Crippen molar-refractivity contribution in [2.45, 2.75) is 19.9 Å². The highest BCUT2D eigenvalue weighted by atomic mass is 16.5. The van der Waals surface area contributed by atoms with E-state index >= 15 is 0 Å². The highest BCUT2D eigenvalue weighted by molar-refractivity contribution is 6.32. The summed E-state index contributed by atoms with van der Waals surface area (Å²) in [4.78, 5) is 21.5. The van der Waals surface area contributed by atoms with Crippen LogP contribution in [0.2, 0.25) is 0 Å². The molecule has 0 aliphatic rings. The summed E-state index contributed by atoms with van der Waals surface area (Å²) in [5.41, 5.74) is 0. The fraction of sp³-hybridized carbons (Fsp3) is 0.500. The van der Waals surface area contributed by atoms with Crippen molar-refractivity contribution >= 4 is 11.9 Å². The molecule has 0 saturated carbocycles. The number of esters is 1. The predicted octanol–water partition coefficient (Wildman–Crippen LogP) is -0.313. The second-order valence-corrected chi connectivity index (χ2v) is 2.08. The molecule has 12 heavy (non-hydrogen) atoms. The van der Waals surface area contributed by atoms with Crippen molar-refractivity contribution in [1.82, 2.24) is 5.32 Å². The summed E-state index contributed by atoms with van der Waals surface area (Å²) in [5.74, 6) is 0.547. The van der Waals surface area contributed by atoms with E-state index in [9.17, 15) is 9.59 Å². The zero-order chi connectivity index (χ0) is 9.56. The van der Waals surface area contributed by atoms with Gasteiger partial charge in [-0.25, -0.2) is 4.79 Å². The maximum atomic E-state index is 10.8. The summed E-state index contributed by atoms with van der Waals surface area (Å²) in [6, 6.07) is -0.457. The van der Waals surface area contributed by atoms with Gasteiger partial charge in [0.05, 0.1) is 12.6 Å². The quantitative estimate of drug-likeness (QED) is 0.350. The van der Waals surface area contributed by atoms with Crippen molar-refractivity contribution in [2.75, 3.05) is 6.61 Å². The van der Waals surface area contributed by atoms with Crippen LogP contribution >= 0.6 is 0 Å². The van der Waals surface area contributed by atoms with Gasteiger partial charge in [0.15, 0.2) is 0 Å². The zero-order valence-corrected chi connectivity index (χ0v) is 7.09. The Kier molecular flexibility index (Phi) is 4.54. The Balaban J connectivity index is 3.89. The average Bonchev–Trinajstić information content (AvgIpc) is 2.04. The summed E-state index contributed by atoms with van der Waals surface area (Å²) in [7, 11) is 0. The number of terminal acetylenes is 1. The molecule has 0 bridgehead atoms. The van der Waals surface area contributed by atoms with E-state index in [0.29, 0.717) is 0 Å². The van der Waals surface area contributed by atoms with Gasteiger partial charge >= 0.3 is 11.9 Å². The third kappa shape index (κ3) is 3.62. The second-order valence-electron chi connectivity index (χ2n) is 2.08. The van der Waals surface area contributed by atoms with Crippen molar-refractivity contribution in [3.05, 3.63) is 0 Å². The lowest BCUT2D eigenvalue weighted by atomic mass is 10.3. The minimum absolute atomic E-state index is 0.177. The molecular formula is C8H11NO3. The Labute approximate surface area is 71.3 Å². The fourth-order valence-electron chi connectivity index (χ4n) is 0.494. The molecule has 0 aromatic heterocycles. The van der Waals surface area contributed by atoms with Crippen molar-refractivity contribution < 1.29 is 14.3 Å². The molecule has 1 unspecified atom stereocenters. The second kappa shape index (κ2) is 5.19. The van der Waals surface area contributed by atoms with Gasteiger partial charge in [0.25, 0.3) is 0 Å². The van der Waals surface area contributed by atoms with Gasteiger partial charge in [-0.15, -0.1) is 6.42 Å². The number of hydrogen-bond donors (Lipinski definition) is 1. The van der Waals surface area contributed by atoms with E-state index in [0.717, 1.165) is 0 Å². The van der Waals surface area contributed by atoms with Gasteiger partial charge in [0, 0.05) is 0 Å². The van der Waals surface area contributed by atoms with Gasteiger partial charge in [0.1, 0.15) is 0 Å². The number of hydrogen-bond acceptors (Lipinski definition) is 3. The van der Waals surface area contributed by atoms with Gasteiger partial charge < -0.3 is 10.1 Å². The minimum Gasteiger partial charge on any atom is -0.459 e. The van der Waals surface area contributed by atoms with Gasteiger partial charge in [-0.2, -0.15) is 0 Å². The van der Waals surface area contributed by atoms with Gasteiger partial charge in [-0.1, -0.05) is 5.92 Å². The maximum Gasteiger partial charge on any atom is 0.396 e. The van der Waals surface area contributed by atoms with Crippen LogP contribution in [0.5, 0.6) is 0 Å². The normalized spacial score (nSPS) is 11.1. The van der Waals surface area contributed by atoms with E-state index in [2.05, 4.69) is 16.0 Å². The number of amides is 1. The topological polar surface area (TPSA) is 55.4 Å². The molecule has 0 radical (unpaired) electrons. The van der Waals surface area contributed by atoms with E-state index in [1.54, 1.807) is 13.8 Å². The molecule has 0 saturated heterocycles. The number of nitrogens with one attached hydrogen (secondary N) is 1. The van der Waals surface area contributed by atoms with E-state index in [1.807, 2.05) is 0 Å². The molecule has 0 spiro atoms. The number of ether oxygens (including phenoxy) is 1. The first-order chi connectivity index (χ1) is 5.61. The number of carbonyl (C=O) groups excluding carboxylic acids is 2. The molecule has 0 rings (SSSR count). The van der Waals surface area contributed by atoms with Crippen LogP contribution < -0.4 is 5.32 Å². The van der Waals surface area contributed by atoms with Crippen LogP contribution in [-0.2, 0) is 14.3 Å². The van der Waals surface area contributed by atoms with Gasteiger partial charge in [0.2, 0.25) is 0 Å². The van der Waals surface area contributed by atoms with Crippen LogP contribution in [0, 0.1) is 12.3 Å². The standard InChI is InChI=1S/C8H11NO3/c1-4-6(3)9-7(10)8(11)12-5-2/h1,6H,5H2,2-3H3,(H,9,10). The summed E-state index contributed by atoms with van der Waals surface area (Å²) in [6.07, 6.45) is 4.98. The molecule has 1 amide bonds. The lowest BCUT2D eigenvalue weighted by Crippen LogP contribution is -2.37. The van der Waals surface area contributed by atoms with Crippen LogP contribution in [0.15, 0.2) is 0 Å². The average molecular weight is 169 g/mol. The third-order valence-corrected chi connectivity index (χ3v) is 1.06. The van der Waals surface area contributed by atoms with E-state index < -0.39 is 17.9 Å². The van der Waals surface area contributed by atoms with Crippen LogP contribution in [-0.4, -0.2) is 24.5 Å². The van der Waals surface area contributed by atoms with E-state index in [-0.39, 0.29) is 6.61 Å². The zero-order valence-electron chi connectivity index (χ0n) is 7.09. The first kappa shape index (κ1) is 10.5. The largest absolute Gasteiger partial charge is 0.459 e. The maximum absolute atomic E-state index is 10.8. The molecule has 0 heterocycles. The third-order valence-electron chi connectivity index (χ3n) is 1.06. The smallest absolute Gasteiger partial charge is 0.396 e. The Morgan fingerprint density at radius 3 is 2.67 bits per heavy atom. The molecule has 1 atom stereocenters. The molecule has 4 nitrogen and oxygen atoms in total. The molecule has 0 aliphatic heterocycles. The molecule has 0 aromatic rings. The Hall–Kier alpha value is -1.50. The van der Waals surface area contributed by atoms with E-state index in [1.165, 1.54) is 0 Å². The highest BCUT2D eigenvalue weighted by Crippen LogP contribution is 1.81. The highest BCUT2D eigenvalue weighted by Gasteiger charge is 2.15. The van der Waals surface area contributed by atoms with Crippen molar-refractivity contribution in [2.24, 2.45) is 0 Å². The molecule has 4 heteroatoms. The van der Waals surface area contributed by atoms with Crippen molar-refractivity contribution in [3.63, 3.8) is 0 Å². The molecule has 1 N–H and O–H groups in total. The van der Waals surface area contributed by atoms with Gasteiger partial charge in [-0.3, -0.25) is 4.79 Å². The summed E-state index contributed by atoms with van der Waals surface area (Å²) in [6.45, 7) is 3.39. The first-order valence-corrected chi connectivity index (χ1v) is 3.55. The number of rotatable bonds is 2. The van der Waals surface area contributed by atoms with Crippen LogP contribution in [0.4, 0.5) is 0 Å². The predicted molar refractivity (Wildman–Crippen MR) is 43.1 cm³/mol. The Bertz CT molecular complexity index is 217. The fourth-order valence-corrected chi connectivity index (χ4v) is 0.494.